The lowest BCUT2D eigenvalue weighted by Gasteiger charge is -2.28. The second kappa shape index (κ2) is 8.94. The van der Waals surface area contributed by atoms with Crippen LogP contribution in [0.4, 0.5) is 0 Å². The maximum Gasteiger partial charge on any atom is 0.237 e. The molecular formula is C27H30N2O2. The van der Waals surface area contributed by atoms with Crippen molar-refractivity contribution in [2.24, 2.45) is 5.73 Å². The van der Waals surface area contributed by atoms with Crippen molar-refractivity contribution in [1.29, 1.82) is 0 Å². The zero-order chi connectivity index (χ0) is 22.0. The highest BCUT2D eigenvalue weighted by Crippen LogP contribution is 2.33. The van der Waals surface area contributed by atoms with Crippen molar-refractivity contribution < 1.29 is 9.90 Å². The number of carbonyl (C=O) groups is 1. The van der Waals surface area contributed by atoms with Crippen molar-refractivity contribution in [2.75, 3.05) is 0 Å². The van der Waals surface area contributed by atoms with E-state index in [0.29, 0.717) is 6.42 Å². The van der Waals surface area contributed by atoms with Gasteiger partial charge in [-0.3, -0.25) is 4.79 Å². The van der Waals surface area contributed by atoms with Crippen LogP contribution in [0.15, 0.2) is 60.7 Å². The Labute approximate surface area is 184 Å². The van der Waals surface area contributed by atoms with Gasteiger partial charge in [0.2, 0.25) is 5.91 Å². The topological polar surface area (TPSA) is 75.3 Å². The van der Waals surface area contributed by atoms with Gasteiger partial charge in [-0.1, -0.05) is 42.5 Å². The van der Waals surface area contributed by atoms with Crippen LogP contribution in [0.2, 0.25) is 0 Å². The van der Waals surface area contributed by atoms with Crippen LogP contribution in [0, 0.1) is 13.8 Å². The van der Waals surface area contributed by atoms with E-state index in [9.17, 15) is 9.90 Å². The van der Waals surface area contributed by atoms with Crippen molar-refractivity contribution >= 4 is 5.91 Å². The molecule has 0 saturated heterocycles. The Morgan fingerprint density at radius 1 is 1.06 bits per heavy atom. The van der Waals surface area contributed by atoms with E-state index in [1.807, 2.05) is 32.0 Å². The van der Waals surface area contributed by atoms with Crippen molar-refractivity contribution in [3.63, 3.8) is 0 Å². The third-order valence-corrected chi connectivity index (χ3v) is 6.33. The van der Waals surface area contributed by atoms with Gasteiger partial charge in [0.05, 0.1) is 12.1 Å². The van der Waals surface area contributed by atoms with E-state index < -0.39 is 6.04 Å². The summed E-state index contributed by atoms with van der Waals surface area (Å²) >= 11 is 0. The normalized spacial score (nSPS) is 16.4. The number of benzene rings is 3. The average Bonchev–Trinajstić information content (AvgIpc) is 2.76. The van der Waals surface area contributed by atoms with E-state index in [4.69, 9.17) is 5.73 Å². The van der Waals surface area contributed by atoms with Gasteiger partial charge in [-0.2, -0.15) is 0 Å². The average molecular weight is 415 g/mol. The Bertz CT molecular complexity index is 1070. The molecule has 4 heteroatoms. The van der Waals surface area contributed by atoms with Gasteiger partial charge in [-0.15, -0.1) is 0 Å². The lowest BCUT2D eigenvalue weighted by molar-refractivity contribution is -0.123. The number of hydrogen-bond acceptors (Lipinski definition) is 3. The number of nitrogens with two attached hydrogens (primary N) is 1. The zero-order valence-corrected chi connectivity index (χ0v) is 18.2. The predicted octanol–water partition coefficient (Wildman–Crippen LogP) is 4.74. The van der Waals surface area contributed by atoms with Crippen molar-refractivity contribution in [2.45, 2.75) is 51.6 Å². The molecule has 1 aliphatic carbocycles. The fourth-order valence-electron chi connectivity index (χ4n) is 4.64. The summed E-state index contributed by atoms with van der Waals surface area (Å²) in [6.07, 6.45) is 3.46. The molecule has 3 aromatic rings. The molecule has 0 spiro atoms. The number of hydrogen-bond donors (Lipinski definition) is 3. The molecule has 0 fully saturated rings. The number of carbonyl (C=O) groups excluding carboxylic acids is 1. The number of aryl methyl sites for hydroxylation is 3. The first-order valence-corrected chi connectivity index (χ1v) is 11.0. The molecule has 0 radical (unpaired) electrons. The molecule has 4 nitrogen and oxygen atoms in total. The first-order valence-electron chi connectivity index (χ1n) is 11.0. The van der Waals surface area contributed by atoms with E-state index in [-0.39, 0.29) is 17.7 Å². The molecule has 0 heterocycles. The molecule has 0 aromatic heterocycles. The number of phenols is 1. The highest BCUT2D eigenvalue weighted by atomic mass is 16.3. The number of phenolic OH excluding ortho intramolecular Hbond substituents is 1. The molecule has 0 saturated carbocycles. The summed E-state index contributed by atoms with van der Waals surface area (Å²) in [5.41, 5.74) is 14.1. The van der Waals surface area contributed by atoms with Crippen LogP contribution in [0.1, 0.15) is 46.7 Å². The van der Waals surface area contributed by atoms with Gasteiger partial charge in [-0.05, 0) is 96.7 Å². The van der Waals surface area contributed by atoms with Crippen LogP contribution in [0.5, 0.6) is 5.75 Å². The zero-order valence-electron chi connectivity index (χ0n) is 18.2. The summed E-state index contributed by atoms with van der Waals surface area (Å²) in [6, 6.07) is 19.7. The maximum atomic E-state index is 13.0. The third kappa shape index (κ3) is 4.64. The molecule has 3 aromatic carbocycles. The van der Waals surface area contributed by atoms with Crippen molar-refractivity contribution in [1.82, 2.24) is 5.32 Å². The van der Waals surface area contributed by atoms with Gasteiger partial charge >= 0.3 is 0 Å². The molecule has 0 aliphatic heterocycles. The Morgan fingerprint density at radius 3 is 2.48 bits per heavy atom. The number of aromatic hydroxyl groups is 1. The van der Waals surface area contributed by atoms with Gasteiger partial charge in [0.1, 0.15) is 5.75 Å². The number of amides is 1. The second-order valence-corrected chi connectivity index (χ2v) is 8.60. The summed E-state index contributed by atoms with van der Waals surface area (Å²) in [4.78, 5) is 13.0. The highest BCUT2D eigenvalue weighted by molar-refractivity contribution is 5.82. The number of fused-ring (bicyclic) bond motifs is 1. The standard InChI is InChI=1S/C27H30N2O2/c1-17-13-22(30)14-18(2)23(17)16-25(28)27(31)29-26-10-6-9-20-11-12-21(15-24(20)26)19-7-4-3-5-8-19/h3-5,7-8,11-15,25-26,30H,6,9-10,16,28H2,1-2H3,(H,29,31). The quantitative estimate of drug-likeness (QED) is 0.564. The predicted molar refractivity (Wildman–Crippen MR) is 125 cm³/mol. The minimum Gasteiger partial charge on any atom is -0.508 e. The van der Waals surface area contributed by atoms with E-state index >= 15 is 0 Å². The van der Waals surface area contributed by atoms with Crippen LogP contribution in [0.3, 0.4) is 0 Å². The fourth-order valence-corrected chi connectivity index (χ4v) is 4.64. The molecule has 1 aliphatic rings. The van der Waals surface area contributed by atoms with E-state index in [0.717, 1.165) is 36.0 Å². The minimum absolute atomic E-state index is 0.0204. The third-order valence-electron chi connectivity index (χ3n) is 6.33. The van der Waals surface area contributed by atoms with Crippen LogP contribution < -0.4 is 11.1 Å². The van der Waals surface area contributed by atoms with Gasteiger partial charge in [-0.25, -0.2) is 0 Å². The monoisotopic (exact) mass is 414 g/mol. The van der Waals surface area contributed by atoms with Crippen LogP contribution in [-0.4, -0.2) is 17.1 Å². The molecule has 2 unspecified atom stereocenters. The van der Waals surface area contributed by atoms with E-state index in [1.54, 1.807) is 12.1 Å². The minimum atomic E-state index is -0.635. The molecule has 4 rings (SSSR count). The summed E-state index contributed by atoms with van der Waals surface area (Å²) in [7, 11) is 0. The summed E-state index contributed by atoms with van der Waals surface area (Å²) in [6.45, 7) is 3.88. The largest absolute Gasteiger partial charge is 0.508 e. The Balaban J connectivity index is 1.52. The van der Waals surface area contributed by atoms with Crippen LogP contribution in [-0.2, 0) is 17.6 Å². The highest BCUT2D eigenvalue weighted by Gasteiger charge is 2.25. The van der Waals surface area contributed by atoms with Gasteiger partial charge in [0, 0.05) is 0 Å². The van der Waals surface area contributed by atoms with Crippen molar-refractivity contribution in [3.05, 3.63) is 88.5 Å². The van der Waals surface area contributed by atoms with Crippen LogP contribution >= 0.6 is 0 Å². The van der Waals surface area contributed by atoms with E-state index in [2.05, 4.69) is 35.6 Å². The molecule has 0 bridgehead atoms. The molecule has 4 N–H and O–H groups in total. The maximum absolute atomic E-state index is 13.0. The molecular weight excluding hydrogens is 384 g/mol. The fraction of sp³-hybridized carbons (Fsp3) is 0.296. The van der Waals surface area contributed by atoms with Crippen molar-refractivity contribution in [3.8, 4) is 16.9 Å². The van der Waals surface area contributed by atoms with E-state index in [1.165, 1.54) is 22.3 Å². The first-order chi connectivity index (χ1) is 14.9. The molecule has 160 valence electrons. The molecule has 1 amide bonds. The molecule has 2 atom stereocenters. The summed E-state index contributed by atoms with van der Waals surface area (Å²) < 4.78 is 0. The summed E-state index contributed by atoms with van der Waals surface area (Å²) in [5.74, 6) is 0.111. The van der Waals surface area contributed by atoms with Gasteiger partial charge < -0.3 is 16.2 Å². The number of rotatable bonds is 5. The van der Waals surface area contributed by atoms with Gasteiger partial charge in [0.15, 0.2) is 0 Å². The second-order valence-electron chi connectivity index (χ2n) is 8.60. The Hall–Kier alpha value is -3.11. The lowest BCUT2D eigenvalue weighted by Crippen LogP contribution is -2.44. The first kappa shape index (κ1) is 21.1. The lowest BCUT2D eigenvalue weighted by atomic mass is 9.85. The van der Waals surface area contributed by atoms with Gasteiger partial charge in [0.25, 0.3) is 0 Å². The molecule has 31 heavy (non-hydrogen) atoms. The van der Waals surface area contributed by atoms with Crippen LogP contribution in [0.25, 0.3) is 11.1 Å². The number of nitrogens with one attached hydrogen (secondary N) is 1. The Morgan fingerprint density at radius 2 is 1.77 bits per heavy atom. The SMILES string of the molecule is Cc1cc(O)cc(C)c1CC(N)C(=O)NC1CCCc2ccc(-c3ccccc3)cc21. The smallest absolute Gasteiger partial charge is 0.237 e. The Kier molecular flexibility index (Phi) is 6.10. The summed E-state index contributed by atoms with van der Waals surface area (Å²) in [5, 5.41) is 13.0.